The van der Waals surface area contributed by atoms with Crippen LogP contribution in [0.4, 0.5) is 10.6 Å². The van der Waals surface area contributed by atoms with Crippen LogP contribution in [0.2, 0.25) is 0 Å². The van der Waals surface area contributed by atoms with Gasteiger partial charge in [0.15, 0.2) is 0 Å². The van der Waals surface area contributed by atoms with E-state index in [1.54, 1.807) is 13.2 Å². The number of ether oxygens (including phenoxy) is 1. The maximum Gasteiger partial charge on any atom is 0.407 e. The smallest absolute Gasteiger partial charge is 0.407 e. The Labute approximate surface area is 119 Å². The summed E-state index contributed by atoms with van der Waals surface area (Å²) in [6.07, 6.45) is 1.58. The van der Waals surface area contributed by atoms with Gasteiger partial charge < -0.3 is 19.6 Å². The number of amides is 1. The molecule has 1 atom stereocenters. The molecular formula is C14H21N3O3. The molecule has 6 heteroatoms. The minimum Gasteiger partial charge on any atom is -0.465 e. The highest BCUT2D eigenvalue weighted by Gasteiger charge is 2.20. The molecule has 1 aliphatic heterocycles. The zero-order valence-electron chi connectivity index (χ0n) is 12.0. The Balaban J connectivity index is 2.11. The highest BCUT2D eigenvalue weighted by atomic mass is 16.5. The Bertz CT molecular complexity index is 443. The molecule has 1 unspecified atom stereocenters. The van der Waals surface area contributed by atoms with Crippen LogP contribution in [-0.4, -0.2) is 54.4 Å². The van der Waals surface area contributed by atoms with Crippen molar-refractivity contribution < 1.29 is 14.6 Å². The van der Waals surface area contributed by atoms with Gasteiger partial charge in [-0.15, -0.1) is 0 Å². The van der Waals surface area contributed by atoms with E-state index in [0.717, 1.165) is 44.1 Å². The van der Waals surface area contributed by atoms with E-state index in [1.165, 1.54) is 4.90 Å². The first-order chi connectivity index (χ1) is 9.63. The summed E-state index contributed by atoms with van der Waals surface area (Å²) in [4.78, 5) is 19.0. The van der Waals surface area contributed by atoms with Crippen molar-refractivity contribution >= 4 is 11.9 Å². The summed E-state index contributed by atoms with van der Waals surface area (Å²) in [5, 5.41) is 9.09. The van der Waals surface area contributed by atoms with Gasteiger partial charge in [0.25, 0.3) is 0 Å². The summed E-state index contributed by atoms with van der Waals surface area (Å²) in [5.41, 5.74) is 0.925. The fourth-order valence-corrected chi connectivity index (χ4v) is 2.44. The molecule has 20 heavy (non-hydrogen) atoms. The number of hydrogen-bond donors (Lipinski definition) is 1. The quantitative estimate of drug-likeness (QED) is 0.913. The number of carbonyl (C=O) groups is 1. The lowest BCUT2D eigenvalue weighted by molar-refractivity contribution is 0.122. The van der Waals surface area contributed by atoms with Crippen LogP contribution in [0, 0.1) is 0 Å². The van der Waals surface area contributed by atoms with Gasteiger partial charge >= 0.3 is 6.09 Å². The van der Waals surface area contributed by atoms with Gasteiger partial charge in [-0.1, -0.05) is 13.0 Å². The summed E-state index contributed by atoms with van der Waals surface area (Å²) in [6.45, 7) is 5.11. The Hall–Kier alpha value is -1.82. The molecule has 1 aromatic rings. The average molecular weight is 279 g/mol. The predicted molar refractivity (Wildman–Crippen MR) is 76.1 cm³/mol. The van der Waals surface area contributed by atoms with E-state index in [0.29, 0.717) is 0 Å². The van der Waals surface area contributed by atoms with Crippen molar-refractivity contribution in [2.24, 2.45) is 0 Å². The molecule has 2 heterocycles. The Morgan fingerprint density at radius 2 is 2.20 bits per heavy atom. The van der Waals surface area contributed by atoms with Gasteiger partial charge in [-0.25, -0.2) is 9.78 Å². The van der Waals surface area contributed by atoms with Crippen molar-refractivity contribution in [3.8, 4) is 0 Å². The van der Waals surface area contributed by atoms with Gasteiger partial charge in [0.05, 0.1) is 19.3 Å². The number of pyridine rings is 1. The van der Waals surface area contributed by atoms with Gasteiger partial charge in [-0.3, -0.25) is 0 Å². The molecule has 110 valence electrons. The number of carboxylic acid groups (broad SMARTS) is 1. The molecule has 1 aromatic heterocycles. The fraction of sp³-hybridized carbons (Fsp3) is 0.571. The lowest BCUT2D eigenvalue weighted by Crippen LogP contribution is -2.36. The van der Waals surface area contributed by atoms with Crippen LogP contribution in [-0.2, 0) is 4.74 Å². The van der Waals surface area contributed by atoms with Crippen molar-refractivity contribution in [3.05, 3.63) is 23.9 Å². The first-order valence-corrected chi connectivity index (χ1v) is 6.88. The van der Waals surface area contributed by atoms with Gasteiger partial charge in [-0.05, 0) is 18.1 Å². The van der Waals surface area contributed by atoms with E-state index in [2.05, 4.69) is 9.88 Å². The van der Waals surface area contributed by atoms with Crippen molar-refractivity contribution in [2.75, 3.05) is 38.3 Å². The third kappa shape index (κ3) is 3.19. The van der Waals surface area contributed by atoms with E-state index >= 15 is 0 Å². The molecule has 6 nitrogen and oxygen atoms in total. The molecule has 1 N–H and O–H groups in total. The second-order valence-corrected chi connectivity index (χ2v) is 4.87. The molecule has 1 aliphatic rings. The number of anilines is 1. The van der Waals surface area contributed by atoms with Gasteiger partial charge in [0, 0.05) is 26.3 Å². The number of morpholine rings is 1. The summed E-state index contributed by atoms with van der Waals surface area (Å²) >= 11 is 0. The molecule has 1 saturated heterocycles. The summed E-state index contributed by atoms with van der Waals surface area (Å²) < 4.78 is 5.32. The van der Waals surface area contributed by atoms with Crippen molar-refractivity contribution in [2.45, 2.75) is 19.4 Å². The van der Waals surface area contributed by atoms with E-state index in [-0.39, 0.29) is 6.04 Å². The summed E-state index contributed by atoms with van der Waals surface area (Å²) in [5.74, 6) is 0.921. The normalized spacial score (nSPS) is 16.8. The minimum atomic E-state index is -0.922. The van der Waals surface area contributed by atoms with E-state index < -0.39 is 6.09 Å². The average Bonchev–Trinajstić information content (AvgIpc) is 2.49. The molecule has 0 saturated carbocycles. The Morgan fingerprint density at radius 1 is 1.50 bits per heavy atom. The van der Waals surface area contributed by atoms with Gasteiger partial charge in [-0.2, -0.15) is 0 Å². The number of rotatable bonds is 4. The lowest BCUT2D eigenvalue weighted by atomic mass is 10.1. The lowest BCUT2D eigenvalue weighted by Gasteiger charge is -2.29. The van der Waals surface area contributed by atoms with Crippen molar-refractivity contribution in [3.63, 3.8) is 0 Å². The fourth-order valence-electron chi connectivity index (χ4n) is 2.44. The monoisotopic (exact) mass is 279 g/mol. The maximum atomic E-state index is 11.1. The maximum absolute atomic E-state index is 11.1. The molecule has 2 rings (SSSR count). The van der Waals surface area contributed by atoms with Crippen LogP contribution in [0.1, 0.15) is 24.9 Å². The van der Waals surface area contributed by atoms with E-state index in [1.807, 2.05) is 19.1 Å². The van der Waals surface area contributed by atoms with Crippen LogP contribution < -0.4 is 4.90 Å². The standard InChI is InChI=1S/C14H21N3O3/c1-3-12(16(2)14(18)19)11-4-5-13(15-10-11)17-6-8-20-9-7-17/h4-5,10,12H,3,6-9H2,1-2H3,(H,18,19). The highest BCUT2D eigenvalue weighted by Crippen LogP contribution is 2.24. The predicted octanol–water partition coefficient (Wildman–Crippen LogP) is 1.98. The summed E-state index contributed by atoms with van der Waals surface area (Å²) in [7, 11) is 1.59. The minimum absolute atomic E-state index is 0.154. The van der Waals surface area contributed by atoms with Crippen molar-refractivity contribution in [1.29, 1.82) is 0 Å². The van der Waals surface area contributed by atoms with Crippen LogP contribution in [0.25, 0.3) is 0 Å². The van der Waals surface area contributed by atoms with Crippen LogP contribution >= 0.6 is 0 Å². The largest absolute Gasteiger partial charge is 0.465 e. The molecule has 1 amide bonds. The Kier molecular flexibility index (Phi) is 4.79. The zero-order chi connectivity index (χ0) is 14.5. The number of aromatic nitrogens is 1. The van der Waals surface area contributed by atoms with Crippen LogP contribution in [0.3, 0.4) is 0 Å². The van der Waals surface area contributed by atoms with Crippen LogP contribution in [0.15, 0.2) is 18.3 Å². The van der Waals surface area contributed by atoms with Gasteiger partial charge in [0.2, 0.25) is 0 Å². The second-order valence-electron chi connectivity index (χ2n) is 4.87. The molecular weight excluding hydrogens is 258 g/mol. The molecule has 0 aromatic carbocycles. The van der Waals surface area contributed by atoms with Crippen molar-refractivity contribution in [1.82, 2.24) is 9.88 Å². The zero-order valence-corrected chi connectivity index (χ0v) is 12.0. The third-order valence-electron chi connectivity index (χ3n) is 3.65. The topological polar surface area (TPSA) is 65.9 Å². The molecule has 1 fully saturated rings. The first-order valence-electron chi connectivity index (χ1n) is 6.88. The van der Waals surface area contributed by atoms with E-state index in [4.69, 9.17) is 9.84 Å². The second kappa shape index (κ2) is 6.56. The number of hydrogen-bond acceptors (Lipinski definition) is 4. The first kappa shape index (κ1) is 14.6. The number of nitrogens with zero attached hydrogens (tertiary/aromatic N) is 3. The molecule has 0 aliphatic carbocycles. The SMILES string of the molecule is CCC(c1ccc(N2CCOCC2)nc1)N(C)C(=O)O. The van der Waals surface area contributed by atoms with E-state index in [9.17, 15) is 4.79 Å². The van der Waals surface area contributed by atoms with Gasteiger partial charge in [0.1, 0.15) is 5.82 Å². The van der Waals surface area contributed by atoms with Crippen LogP contribution in [0.5, 0.6) is 0 Å². The molecule has 0 radical (unpaired) electrons. The molecule has 0 bridgehead atoms. The summed E-state index contributed by atoms with van der Waals surface area (Å²) in [6, 6.07) is 3.77. The highest BCUT2D eigenvalue weighted by molar-refractivity contribution is 5.65. The Morgan fingerprint density at radius 3 is 2.70 bits per heavy atom. The molecule has 0 spiro atoms. The third-order valence-corrected chi connectivity index (χ3v) is 3.65.